The van der Waals surface area contributed by atoms with Crippen molar-refractivity contribution >= 4 is 21.9 Å². The number of halogens is 1. The third kappa shape index (κ3) is 4.57. The van der Waals surface area contributed by atoms with Crippen LogP contribution in [0.4, 0.5) is 5.95 Å². The lowest BCUT2D eigenvalue weighted by molar-refractivity contribution is 0.310. The smallest absolute Gasteiger partial charge is 0.243 e. The molecule has 0 radical (unpaired) electrons. The molecule has 7 nitrogen and oxygen atoms in total. The molecule has 0 saturated carbocycles. The first-order valence-electron chi connectivity index (χ1n) is 7.68. The third-order valence-electron chi connectivity index (χ3n) is 3.32. The van der Waals surface area contributed by atoms with Gasteiger partial charge in [-0.1, -0.05) is 34.4 Å². The summed E-state index contributed by atoms with van der Waals surface area (Å²) in [5.41, 5.74) is 1.04. The molecule has 1 aromatic carbocycles. The largest absolute Gasteiger partial charge is 0.493 e. The van der Waals surface area contributed by atoms with E-state index in [1.807, 2.05) is 19.1 Å². The number of hydrogen-bond acceptors (Lipinski definition) is 6. The quantitative estimate of drug-likeness (QED) is 0.716. The fourth-order valence-electron chi connectivity index (χ4n) is 2.10. The number of unbranched alkanes of at least 4 members (excludes halogenated alkanes) is 1. The maximum atomic E-state index is 5.62. The van der Waals surface area contributed by atoms with E-state index in [1.165, 1.54) is 0 Å². The molecule has 0 unspecified atom stereocenters. The first-order valence-corrected chi connectivity index (χ1v) is 8.48. The first kappa shape index (κ1) is 17.5. The van der Waals surface area contributed by atoms with E-state index in [-0.39, 0.29) is 0 Å². The Morgan fingerprint density at radius 1 is 1.26 bits per heavy atom. The van der Waals surface area contributed by atoms with Gasteiger partial charge in [-0.3, -0.25) is 0 Å². The van der Waals surface area contributed by atoms with Gasteiger partial charge in [-0.15, -0.1) is 0 Å². The number of aryl methyl sites for hydroxylation is 1. The number of methoxy groups -OCH3 is 1. The van der Waals surface area contributed by atoms with Crippen LogP contribution in [0.1, 0.15) is 32.3 Å². The minimum atomic E-state index is 0.581. The van der Waals surface area contributed by atoms with E-state index in [9.17, 15) is 0 Å². The van der Waals surface area contributed by atoms with E-state index in [0.717, 1.165) is 35.2 Å². The van der Waals surface area contributed by atoms with Crippen LogP contribution in [0.15, 0.2) is 16.6 Å². The molecule has 2 rings (SSSR count). The summed E-state index contributed by atoms with van der Waals surface area (Å²) in [6.07, 6.45) is 2.14. The molecule has 2 aromatic rings. The fraction of sp³-hybridized carbons (Fsp3) is 0.533. The molecule has 1 aromatic heterocycles. The number of rotatable bonds is 9. The van der Waals surface area contributed by atoms with E-state index in [1.54, 1.807) is 11.8 Å². The Bertz CT molecular complexity index is 632. The number of anilines is 1. The second-order valence-electron chi connectivity index (χ2n) is 4.96. The van der Waals surface area contributed by atoms with Gasteiger partial charge in [-0.25, -0.2) is 4.68 Å². The second kappa shape index (κ2) is 8.71. The molecule has 0 amide bonds. The van der Waals surface area contributed by atoms with Crippen LogP contribution in [0.2, 0.25) is 0 Å². The van der Waals surface area contributed by atoms with Gasteiger partial charge in [-0.2, -0.15) is 0 Å². The van der Waals surface area contributed by atoms with Crippen molar-refractivity contribution in [2.45, 2.75) is 39.8 Å². The van der Waals surface area contributed by atoms with Gasteiger partial charge in [0.05, 0.1) is 13.7 Å². The van der Waals surface area contributed by atoms with Crippen LogP contribution in [0.25, 0.3) is 0 Å². The SMILES string of the molecule is CCCCn1nnnc1NCc1cc(OCC)c(OC)cc1Br. The number of benzene rings is 1. The van der Waals surface area contributed by atoms with E-state index in [2.05, 4.69) is 43.7 Å². The van der Waals surface area contributed by atoms with Gasteiger partial charge in [0, 0.05) is 17.6 Å². The minimum Gasteiger partial charge on any atom is -0.493 e. The Balaban J connectivity index is 2.11. The molecule has 0 spiro atoms. The number of nitrogens with one attached hydrogen (secondary N) is 1. The molecule has 23 heavy (non-hydrogen) atoms. The van der Waals surface area contributed by atoms with Crippen molar-refractivity contribution in [2.75, 3.05) is 19.0 Å². The van der Waals surface area contributed by atoms with Gasteiger partial charge in [-0.05, 0) is 41.5 Å². The van der Waals surface area contributed by atoms with Gasteiger partial charge in [0.25, 0.3) is 0 Å². The van der Waals surface area contributed by atoms with Crippen LogP contribution in [0, 0.1) is 0 Å². The zero-order valence-corrected chi connectivity index (χ0v) is 15.3. The summed E-state index contributed by atoms with van der Waals surface area (Å²) in [5, 5.41) is 15.0. The zero-order chi connectivity index (χ0) is 16.7. The first-order chi connectivity index (χ1) is 11.2. The van der Waals surface area contributed by atoms with Crippen LogP contribution in [0.5, 0.6) is 11.5 Å². The highest BCUT2D eigenvalue weighted by molar-refractivity contribution is 9.10. The standard InChI is InChI=1S/C15H22BrN5O2/c1-4-6-7-21-15(18-19-20-21)17-10-11-8-14(23-5-2)13(22-3)9-12(11)16/h8-9H,4-7,10H2,1-3H3,(H,17,18,20). The molecule has 0 saturated heterocycles. The summed E-state index contributed by atoms with van der Waals surface area (Å²) >= 11 is 3.56. The molecule has 0 aliphatic heterocycles. The summed E-state index contributed by atoms with van der Waals surface area (Å²) in [7, 11) is 1.63. The predicted octanol–water partition coefficient (Wildman–Crippen LogP) is 3.26. The lowest BCUT2D eigenvalue weighted by atomic mass is 10.2. The maximum Gasteiger partial charge on any atom is 0.243 e. The lowest BCUT2D eigenvalue weighted by Crippen LogP contribution is -2.09. The van der Waals surface area contributed by atoms with Crippen LogP contribution in [0.3, 0.4) is 0 Å². The van der Waals surface area contributed by atoms with Crippen molar-refractivity contribution < 1.29 is 9.47 Å². The normalized spacial score (nSPS) is 10.6. The molecular formula is C15H22BrN5O2. The van der Waals surface area contributed by atoms with Gasteiger partial charge in [0.1, 0.15) is 0 Å². The number of hydrogen-bond donors (Lipinski definition) is 1. The Labute approximate surface area is 144 Å². The number of ether oxygens (including phenoxy) is 2. The van der Waals surface area contributed by atoms with Crippen molar-refractivity contribution in [3.63, 3.8) is 0 Å². The van der Waals surface area contributed by atoms with Crippen molar-refractivity contribution in [3.05, 3.63) is 22.2 Å². The molecule has 0 atom stereocenters. The molecule has 8 heteroatoms. The molecule has 1 N–H and O–H groups in total. The van der Waals surface area contributed by atoms with Gasteiger partial charge >= 0.3 is 0 Å². The second-order valence-corrected chi connectivity index (χ2v) is 5.81. The Morgan fingerprint density at radius 3 is 2.78 bits per heavy atom. The zero-order valence-electron chi connectivity index (χ0n) is 13.7. The summed E-state index contributed by atoms with van der Waals surface area (Å²) in [6.45, 7) is 6.06. The highest BCUT2D eigenvalue weighted by atomic mass is 79.9. The number of aromatic nitrogens is 4. The fourth-order valence-corrected chi connectivity index (χ4v) is 2.57. The number of nitrogens with zero attached hydrogens (tertiary/aromatic N) is 4. The Kier molecular flexibility index (Phi) is 6.64. The van der Waals surface area contributed by atoms with Gasteiger partial charge < -0.3 is 14.8 Å². The lowest BCUT2D eigenvalue weighted by Gasteiger charge is -2.14. The van der Waals surface area contributed by atoms with Crippen LogP contribution >= 0.6 is 15.9 Å². The highest BCUT2D eigenvalue weighted by Gasteiger charge is 2.11. The summed E-state index contributed by atoms with van der Waals surface area (Å²) in [6, 6.07) is 3.86. The van der Waals surface area contributed by atoms with Crippen LogP contribution < -0.4 is 14.8 Å². The molecule has 0 fully saturated rings. The van der Waals surface area contributed by atoms with Crippen molar-refractivity contribution in [1.82, 2.24) is 20.2 Å². The van der Waals surface area contributed by atoms with E-state index >= 15 is 0 Å². The Hall–Kier alpha value is -1.83. The van der Waals surface area contributed by atoms with E-state index in [4.69, 9.17) is 9.47 Å². The predicted molar refractivity (Wildman–Crippen MR) is 91.9 cm³/mol. The van der Waals surface area contributed by atoms with Gasteiger partial charge in [0.2, 0.25) is 5.95 Å². The summed E-state index contributed by atoms with van der Waals surface area (Å²) < 4.78 is 13.7. The maximum absolute atomic E-state index is 5.62. The molecule has 0 aliphatic carbocycles. The van der Waals surface area contributed by atoms with Crippen molar-refractivity contribution in [3.8, 4) is 11.5 Å². The summed E-state index contributed by atoms with van der Waals surface area (Å²) in [4.78, 5) is 0. The topological polar surface area (TPSA) is 74.1 Å². The monoisotopic (exact) mass is 383 g/mol. The molecule has 0 bridgehead atoms. The van der Waals surface area contributed by atoms with Gasteiger partial charge in [0.15, 0.2) is 11.5 Å². The van der Waals surface area contributed by atoms with Crippen LogP contribution in [-0.4, -0.2) is 33.9 Å². The van der Waals surface area contributed by atoms with Crippen molar-refractivity contribution in [1.29, 1.82) is 0 Å². The average molecular weight is 384 g/mol. The minimum absolute atomic E-state index is 0.581. The van der Waals surface area contributed by atoms with E-state index < -0.39 is 0 Å². The molecule has 0 aliphatic rings. The molecule has 1 heterocycles. The average Bonchev–Trinajstić information content (AvgIpc) is 3.00. The highest BCUT2D eigenvalue weighted by Crippen LogP contribution is 2.33. The Morgan fingerprint density at radius 2 is 2.09 bits per heavy atom. The van der Waals surface area contributed by atoms with E-state index in [0.29, 0.717) is 24.8 Å². The third-order valence-corrected chi connectivity index (χ3v) is 4.06. The summed E-state index contributed by atoms with van der Waals surface area (Å²) in [5.74, 6) is 2.09. The number of tetrazole rings is 1. The van der Waals surface area contributed by atoms with Crippen molar-refractivity contribution in [2.24, 2.45) is 0 Å². The molecule has 126 valence electrons. The van der Waals surface area contributed by atoms with Crippen LogP contribution in [-0.2, 0) is 13.1 Å². The molecular weight excluding hydrogens is 362 g/mol.